The van der Waals surface area contributed by atoms with Crippen LogP contribution in [0, 0.1) is 13.8 Å². The molecular formula is C21H21N5O5S. The first-order valence-electron chi connectivity index (χ1n) is 9.96. The molecule has 1 aliphatic rings. The summed E-state index contributed by atoms with van der Waals surface area (Å²) in [6, 6.07) is 6.88. The Morgan fingerprint density at radius 2 is 2.12 bits per heavy atom. The molecule has 5 rings (SSSR count). The highest BCUT2D eigenvalue weighted by Crippen LogP contribution is 2.44. The number of pyridine rings is 1. The normalized spacial score (nSPS) is 15.8. The maximum atomic E-state index is 13.1. The van der Waals surface area contributed by atoms with Gasteiger partial charge in [0.1, 0.15) is 23.9 Å². The van der Waals surface area contributed by atoms with Crippen LogP contribution in [-0.2, 0) is 16.6 Å². The summed E-state index contributed by atoms with van der Waals surface area (Å²) in [5.41, 5.74) is 4.14. The highest BCUT2D eigenvalue weighted by Gasteiger charge is 2.32. The zero-order valence-corrected chi connectivity index (χ0v) is 18.5. The van der Waals surface area contributed by atoms with Crippen molar-refractivity contribution in [2.45, 2.75) is 26.4 Å². The smallest absolute Gasteiger partial charge is 0.327 e. The molecule has 11 heteroatoms. The molecule has 166 valence electrons. The van der Waals surface area contributed by atoms with Gasteiger partial charge in [0.25, 0.3) is 0 Å². The van der Waals surface area contributed by atoms with Gasteiger partial charge in [-0.2, -0.15) is 0 Å². The Morgan fingerprint density at radius 1 is 1.31 bits per heavy atom. The second-order valence-electron chi connectivity index (χ2n) is 7.81. The lowest BCUT2D eigenvalue weighted by atomic mass is 9.97. The van der Waals surface area contributed by atoms with E-state index < -0.39 is 16.1 Å². The number of nitrogens with zero attached hydrogens (tertiary/aromatic N) is 3. The number of nitrogens with one attached hydrogen (secondary N) is 2. The number of rotatable bonds is 5. The minimum Gasteiger partial charge on any atom is -0.488 e. The number of ether oxygens (including phenoxy) is 1. The SMILES string of the molecule is Cc1noc(C)c1-c1cc(CNS(C)(=O)=O)c2[nH]c(=O)n3c2c1OC[C@@H]3c1ccccn1. The monoisotopic (exact) mass is 455 g/mol. The average Bonchev–Trinajstić information content (AvgIpc) is 3.28. The number of H-pyrrole nitrogens is 1. The van der Waals surface area contributed by atoms with Gasteiger partial charge >= 0.3 is 5.69 Å². The van der Waals surface area contributed by atoms with Crippen molar-refractivity contribution in [2.75, 3.05) is 12.9 Å². The van der Waals surface area contributed by atoms with Crippen molar-refractivity contribution in [3.63, 3.8) is 0 Å². The fourth-order valence-corrected chi connectivity index (χ4v) is 4.63. The third-order valence-electron chi connectivity index (χ3n) is 5.58. The van der Waals surface area contributed by atoms with E-state index in [1.165, 1.54) is 0 Å². The molecule has 0 saturated heterocycles. The van der Waals surface area contributed by atoms with E-state index in [9.17, 15) is 13.2 Å². The molecule has 0 amide bonds. The van der Waals surface area contributed by atoms with Gasteiger partial charge in [-0.3, -0.25) is 9.55 Å². The summed E-state index contributed by atoms with van der Waals surface area (Å²) < 4.78 is 39.2. The van der Waals surface area contributed by atoms with Gasteiger partial charge in [-0.15, -0.1) is 0 Å². The van der Waals surface area contributed by atoms with E-state index in [-0.39, 0.29) is 18.8 Å². The number of aromatic amines is 1. The Morgan fingerprint density at radius 3 is 2.78 bits per heavy atom. The van der Waals surface area contributed by atoms with Gasteiger partial charge in [0.2, 0.25) is 10.0 Å². The van der Waals surface area contributed by atoms with Crippen LogP contribution >= 0.6 is 0 Å². The van der Waals surface area contributed by atoms with Crippen LogP contribution in [0.3, 0.4) is 0 Å². The van der Waals surface area contributed by atoms with E-state index in [1.54, 1.807) is 23.8 Å². The molecule has 4 heterocycles. The Hall–Kier alpha value is -3.44. The van der Waals surface area contributed by atoms with Crippen molar-refractivity contribution in [2.24, 2.45) is 0 Å². The molecule has 0 fully saturated rings. The minimum atomic E-state index is -3.45. The third-order valence-corrected chi connectivity index (χ3v) is 6.25. The molecule has 0 saturated carbocycles. The maximum absolute atomic E-state index is 13.1. The Balaban J connectivity index is 1.81. The molecule has 10 nitrogen and oxygen atoms in total. The summed E-state index contributed by atoms with van der Waals surface area (Å²) in [6.45, 7) is 3.83. The first kappa shape index (κ1) is 20.5. The highest BCUT2D eigenvalue weighted by molar-refractivity contribution is 7.88. The Labute approximate surface area is 183 Å². The number of aryl methyl sites for hydroxylation is 2. The predicted molar refractivity (Wildman–Crippen MR) is 117 cm³/mol. The first-order valence-corrected chi connectivity index (χ1v) is 11.9. The van der Waals surface area contributed by atoms with E-state index in [0.717, 1.165) is 11.8 Å². The number of imidazole rings is 1. The van der Waals surface area contributed by atoms with E-state index in [2.05, 4.69) is 19.8 Å². The number of hydrogen-bond acceptors (Lipinski definition) is 7. The van der Waals surface area contributed by atoms with Crippen LogP contribution in [0.15, 0.2) is 39.8 Å². The number of benzene rings is 1. The standard InChI is InChI=1S/C21H21N5O5S/c1-11-17(12(2)31-25-11)14-8-13(9-23-32(3,28)29)18-19-20(14)30-10-16(26(19)21(27)24-18)15-6-4-5-7-22-15/h4-8,16,23H,9-10H2,1-3H3,(H,24,27)/t16-/m1/s1. The fourth-order valence-electron chi connectivity index (χ4n) is 4.22. The van der Waals surface area contributed by atoms with Gasteiger partial charge in [0.15, 0.2) is 5.75 Å². The molecule has 4 aromatic rings. The summed E-state index contributed by atoms with van der Waals surface area (Å²) >= 11 is 0. The average molecular weight is 455 g/mol. The second-order valence-corrected chi connectivity index (χ2v) is 9.64. The predicted octanol–water partition coefficient (Wildman–Crippen LogP) is 2.03. The van der Waals surface area contributed by atoms with E-state index in [0.29, 0.717) is 45.1 Å². The summed E-state index contributed by atoms with van der Waals surface area (Å²) in [4.78, 5) is 20.4. The van der Waals surface area contributed by atoms with Crippen molar-refractivity contribution >= 4 is 21.1 Å². The van der Waals surface area contributed by atoms with Crippen molar-refractivity contribution in [1.82, 2.24) is 24.4 Å². The number of hydrogen-bond donors (Lipinski definition) is 2. The lowest BCUT2D eigenvalue weighted by Crippen LogP contribution is -2.31. The van der Waals surface area contributed by atoms with E-state index in [4.69, 9.17) is 9.26 Å². The van der Waals surface area contributed by atoms with Gasteiger partial charge in [0.05, 0.1) is 28.7 Å². The van der Waals surface area contributed by atoms with Crippen molar-refractivity contribution < 1.29 is 17.7 Å². The molecule has 2 N–H and O–H groups in total. The van der Waals surface area contributed by atoms with Gasteiger partial charge < -0.3 is 14.2 Å². The first-order chi connectivity index (χ1) is 15.2. The van der Waals surface area contributed by atoms with Gasteiger partial charge in [-0.1, -0.05) is 11.2 Å². The Bertz CT molecular complexity index is 1480. The maximum Gasteiger partial charge on any atom is 0.327 e. The molecule has 0 radical (unpaired) electrons. The van der Waals surface area contributed by atoms with Crippen LogP contribution in [0.25, 0.3) is 22.2 Å². The quantitative estimate of drug-likeness (QED) is 0.470. The molecule has 1 atom stereocenters. The highest BCUT2D eigenvalue weighted by atomic mass is 32.2. The van der Waals surface area contributed by atoms with Crippen LogP contribution in [0.5, 0.6) is 5.75 Å². The third kappa shape index (κ3) is 3.30. The lowest BCUT2D eigenvalue weighted by molar-refractivity contribution is 0.255. The molecule has 0 spiro atoms. The van der Waals surface area contributed by atoms with Gasteiger partial charge in [0, 0.05) is 18.3 Å². The number of sulfonamides is 1. The summed E-state index contributed by atoms with van der Waals surface area (Å²) in [6.07, 6.45) is 2.76. The van der Waals surface area contributed by atoms with Crippen LogP contribution < -0.4 is 15.1 Å². The molecule has 3 aromatic heterocycles. The van der Waals surface area contributed by atoms with Crippen molar-refractivity contribution in [3.8, 4) is 16.9 Å². The number of aromatic nitrogens is 4. The topological polar surface area (TPSA) is 132 Å². The molecule has 1 aliphatic heterocycles. The summed E-state index contributed by atoms with van der Waals surface area (Å²) in [7, 11) is -3.45. The van der Waals surface area contributed by atoms with Crippen molar-refractivity contribution in [1.29, 1.82) is 0 Å². The zero-order valence-electron chi connectivity index (χ0n) is 17.7. The Kier molecular flexibility index (Phi) is 4.68. The van der Waals surface area contributed by atoms with Crippen molar-refractivity contribution in [3.05, 3.63) is 63.7 Å². The van der Waals surface area contributed by atoms with E-state index in [1.807, 2.05) is 25.1 Å². The van der Waals surface area contributed by atoms with E-state index >= 15 is 0 Å². The molecular weight excluding hydrogens is 434 g/mol. The van der Waals surface area contributed by atoms with Crippen LogP contribution in [0.1, 0.15) is 28.8 Å². The molecule has 0 bridgehead atoms. The van der Waals surface area contributed by atoms with Gasteiger partial charge in [-0.25, -0.2) is 17.9 Å². The second kappa shape index (κ2) is 7.31. The minimum absolute atomic E-state index is 0.000194. The fraction of sp³-hybridized carbons (Fsp3) is 0.286. The molecule has 0 aliphatic carbocycles. The lowest BCUT2D eigenvalue weighted by Gasteiger charge is -2.27. The summed E-state index contributed by atoms with van der Waals surface area (Å²) in [5, 5.41) is 4.04. The van der Waals surface area contributed by atoms with Crippen LogP contribution in [0.2, 0.25) is 0 Å². The molecule has 32 heavy (non-hydrogen) atoms. The van der Waals surface area contributed by atoms with Gasteiger partial charge in [-0.05, 0) is 37.6 Å². The molecule has 1 aromatic carbocycles. The largest absolute Gasteiger partial charge is 0.488 e. The summed E-state index contributed by atoms with van der Waals surface area (Å²) in [5.74, 6) is 1.11. The van der Waals surface area contributed by atoms with Crippen LogP contribution in [0.4, 0.5) is 0 Å². The molecule has 0 unspecified atom stereocenters. The van der Waals surface area contributed by atoms with Crippen LogP contribution in [-0.4, -0.2) is 41.0 Å². The zero-order chi connectivity index (χ0) is 22.6.